The van der Waals surface area contributed by atoms with E-state index in [1.165, 1.54) is 6.20 Å². The molecular formula is C15H16ClN3O4. The molecule has 3 heterocycles. The maximum atomic E-state index is 12.3. The van der Waals surface area contributed by atoms with Crippen LogP contribution in [0.15, 0.2) is 22.7 Å². The zero-order valence-corrected chi connectivity index (χ0v) is 13.3. The standard InChI is InChI=1S/C15H16ClN3O4/c1-9-11(15(21)22)8-17-19(9)10-4-6-18(7-5-10)14(20)12-2-3-13(16)23-12/h2-3,8,10H,4-7H2,1H3,(H,21,22). The third kappa shape index (κ3) is 2.96. The van der Waals surface area contributed by atoms with Crippen molar-refractivity contribution in [3.8, 4) is 0 Å². The molecule has 0 bridgehead atoms. The highest BCUT2D eigenvalue weighted by Crippen LogP contribution is 2.26. The van der Waals surface area contributed by atoms with Crippen LogP contribution in [0.5, 0.6) is 0 Å². The molecule has 0 saturated carbocycles. The molecule has 23 heavy (non-hydrogen) atoms. The zero-order valence-electron chi connectivity index (χ0n) is 12.5. The van der Waals surface area contributed by atoms with Crippen LogP contribution in [0, 0.1) is 6.92 Å². The van der Waals surface area contributed by atoms with Gasteiger partial charge in [0.1, 0.15) is 5.56 Å². The average Bonchev–Trinajstić information content (AvgIpc) is 3.13. The number of hydrogen-bond donors (Lipinski definition) is 1. The van der Waals surface area contributed by atoms with Gasteiger partial charge in [-0.05, 0) is 43.5 Å². The molecule has 0 spiro atoms. The van der Waals surface area contributed by atoms with Crippen molar-refractivity contribution in [1.29, 1.82) is 0 Å². The predicted octanol–water partition coefficient (Wildman–Crippen LogP) is 2.61. The Bertz CT molecular complexity index is 744. The summed E-state index contributed by atoms with van der Waals surface area (Å²) >= 11 is 5.69. The summed E-state index contributed by atoms with van der Waals surface area (Å²) in [5, 5.41) is 13.5. The van der Waals surface area contributed by atoms with E-state index < -0.39 is 5.97 Å². The van der Waals surface area contributed by atoms with Gasteiger partial charge in [-0.15, -0.1) is 0 Å². The van der Waals surface area contributed by atoms with Crippen molar-refractivity contribution in [3.63, 3.8) is 0 Å². The smallest absolute Gasteiger partial charge is 0.339 e. The van der Waals surface area contributed by atoms with Crippen LogP contribution in [-0.2, 0) is 0 Å². The lowest BCUT2D eigenvalue weighted by Crippen LogP contribution is -2.39. The van der Waals surface area contributed by atoms with Crippen LogP contribution in [0.25, 0.3) is 0 Å². The van der Waals surface area contributed by atoms with Gasteiger partial charge in [0.2, 0.25) is 0 Å². The van der Waals surface area contributed by atoms with Crippen LogP contribution < -0.4 is 0 Å². The number of halogens is 1. The van der Waals surface area contributed by atoms with E-state index >= 15 is 0 Å². The molecule has 2 aromatic rings. The SMILES string of the molecule is Cc1c(C(=O)O)cnn1C1CCN(C(=O)c2ccc(Cl)o2)CC1. The van der Waals surface area contributed by atoms with Crippen molar-refractivity contribution in [2.24, 2.45) is 0 Å². The number of hydrogen-bond acceptors (Lipinski definition) is 4. The highest BCUT2D eigenvalue weighted by molar-refractivity contribution is 6.29. The van der Waals surface area contributed by atoms with Gasteiger partial charge in [0.15, 0.2) is 11.0 Å². The molecule has 1 aliphatic heterocycles. The average molecular weight is 338 g/mol. The summed E-state index contributed by atoms with van der Waals surface area (Å²) in [6.45, 7) is 2.87. The minimum absolute atomic E-state index is 0.0901. The van der Waals surface area contributed by atoms with Crippen molar-refractivity contribution in [3.05, 3.63) is 40.6 Å². The number of carbonyl (C=O) groups excluding carboxylic acids is 1. The molecule has 1 amide bonds. The first-order valence-corrected chi connectivity index (χ1v) is 7.67. The van der Waals surface area contributed by atoms with E-state index in [1.54, 1.807) is 28.6 Å². The van der Waals surface area contributed by atoms with E-state index in [2.05, 4.69) is 5.10 Å². The number of rotatable bonds is 3. The Morgan fingerprint density at radius 2 is 2.04 bits per heavy atom. The lowest BCUT2D eigenvalue weighted by molar-refractivity contribution is 0.0657. The molecule has 1 saturated heterocycles. The first-order chi connectivity index (χ1) is 11.0. The van der Waals surface area contributed by atoms with Crippen LogP contribution in [0.4, 0.5) is 0 Å². The minimum atomic E-state index is -0.976. The molecule has 1 fully saturated rings. The molecule has 0 radical (unpaired) electrons. The molecule has 3 rings (SSSR count). The monoisotopic (exact) mass is 337 g/mol. The molecule has 0 aliphatic carbocycles. The van der Waals surface area contributed by atoms with Gasteiger partial charge in [0.25, 0.3) is 5.91 Å². The van der Waals surface area contributed by atoms with E-state index in [0.29, 0.717) is 31.6 Å². The quantitative estimate of drug-likeness (QED) is 0.930. The Morgan fingerprint density at radius 1 is 1.35 bits per heavy atom. The number of nitrogens with zero attached hydrogens (tertiary/aromatic N) is 3. The summed E-state index contributed by atoms with van der Waals surface area (Å²) in [7, 11) is 0. The van der Waals surface area contributed by atoms with Crippen LogP contribution in [0.3, 0.4) is 0 Å². The third-order valence-electron chi connectivity index (χ3n) is 4.16. The van der Waals surface area contributed by atoms with Crippen molar-refractivity contribution < 1.29 is 19.1 Å². The van der Waals surface area contributed by atoms with Gasteiger partial charge in [-0.3, -0.25) is 9.48 Å². The Balaban J connectivity index is 1.67. The fraction of sp³-hybridized carbons (Fsp3) is 0.400. The molecule has 1 aliphatic rings. The molecule has 8 heteroatoms. The molecule has 1 N–H and O–H groups in total. The summed E-state index contributed by atoms with van der Waals surface area (Å²) in [5.74, 6) is -0.924. The number of aromatic carboxylic acids is 1. The Morgan fingerprint density at radius 3 is 2.57 bits per heavy atom. The van der Waals surface area contributed by atoms with Crippen molar-refractivity contribution in [1.82, 2.24) is 14.7 Å². The number of carbonyl (C=O) groups is 2. The molecule has 0 unspecified atom stereocenters. The van der Waals surface area contributed by atoms with Gasteiger partial charge < -0.3 is 14.4 Å². The highest BCUT2D eigenvalue weighted by Gasteiger charge is 2.28. The molecular weight excluding hydrogens is 322 g/mol. The Kier molecular flexibility index (Phi) is 4.12. The van der Waals surface area contributed by atoms with Crippen LogP contribution in [0.1, 0.15) is 45.5 Å². The minimum Gasteiger partial charge on any atom is -0.478 e. The summed E-state index contributed by atoms with van der Waals surface area (Å²) in [5.41, 5.74) is 0.855. The fourth-order valence-electron chi connectivity index (χ4n) is 2.90. The third-order valence-corrected chi connectivity index (χ3v) is 4.36. The Hall–Kier alpha value is -2.28. The molecule has 2 aromatic heterocycles. The highest BCUT2D eigenvalue weighted by atomic mass is 35.5. The van der Waals surface area contributed by atoms with Gasteiger partial charge in [-0.25, -0.2) is 4.79 Å². The maximum absolute atomic E-state index is 12.3. The number of amides is 1. The summed E-state index contributed by atoms with van der Waals surface area (Å²) in [6, 6.07) is 3.20. The van der Waals surface area contributed by atoms with E-state index in [-0.39, 0.29) is 28.5 Å². The number of piperidine rings is 1. The van der Waals surface area contributed by atoms with Gasteiger partial charge in [-0.1, -0.05) is 0 Å². The van der Waals surface area contributed by atoms with Gasteiger partial charge >= 0.3 is 5.97 Å². The van der Waals surface area contributed by atoms with Crippen LogP contribution in [0.2, 0.25) is 5.22 Å². The van der Waals surface area contributed by atoms with Crippen LogP contribution >= 0.6 is 11.6 Å². The predicted molar refractivity (Wildman–Crippen MR) is 81.8 cm³/mol. The van der Waals surface area contributed by atoms with E-state index in [9.17, 15) is 9.59 Å². The summed E-state index contributed by atoms with van der Waals surface area (Å²) in [4.78, 5) is 25.1. The molecule has 0 aromatic carbocycles. The fourth-order valence-corrected chi connectivity index (χ4v) is 3.05. The lowest BCUT2D eigenvalue weighted by atomic mass is 10.0. The summed E-state index contributed by atoms with van der Waals surface area (Å²) < 4.78 is 6.90. The number of carboxylic acids is 1. The van der Waals surface area contributed by atoms with Crippen LogP contribution in [-0.4, -0.2) is 44.8 Å². The van der Waals surface area contributed by atoms with Gasteiger partial charge in [0.05, 0.1) is 17.9 Å². The number of furan rings is 1. The number of aromatic nitrogens is 2. The maximum Gasteiger partial charge on any atom is 0.339 e. The second-order valence-electron chi connectivity index (χ2n) is 5.52. The number of carboxylic acid groups (broad SMARTS) is 1. The van der Waals surface area contributed by atoms with E-state index in [4.69, 9.17) is 21.1 Å². The van der Waals surface area contributed by atoms with E-state index in [0.717, 1.165) is 0 Å². The second-order valence-corrected chi connectivity index (χ2v) is 5.89. The first kappa shape index (κ1) is 15.6. The lowest BCUT2D eigenvalue weighted by Gasteiger charge is -2.32. The van der Waals surface area contributed by atoms with Crippen molar-refractivity contribution >= 4 is 23.5 Å². The van der Waals surface area contributed by atoms with Crippen molar-refractivity contribution in [2.45, 2.75) is 25.8 Å². The Labute approximate surface area is 137 Å². The molecule has 0 atom stereocenters. The van der Waals surface area contributed by atoms with Gasteiger partial charge in [0, 0.05) is 13.1 Å². The van der Waals surface area contributed by atoms with E-state index in [1.807, 2.05) is 0 Å². The number of likely N-dealkylation sites (tertiary alicyclic amines) is 1. The normalized spacial score (nSPS) is 15.8. The zero-order chi connectivity index (χ0) is 16.6. The van der Waals surface area contributed by atoms with Crippen molar-refractivity contribution in [2.75, 3.05) is 13.1 Å². The summed E-state index contributed by atoms with van der Waals surface area (Å²) in [6.07, 6.45) is 2.80. The first-order valence-electron chi connectivity index (χ1n) is 7.29. The largest absolute Gasteiger partial charge is 0.478 e. The molecule has 7 nitrogen and oxygen atoms in total. The second kappa shape index (κ2) is 6.08. The molecule has 122 valence electrons. The topological polar surface area (TPSA) is 88.6 Å². The van der Waals surface area contributed by atoms with Gasteiger partial charge in [-0.2, -0.15) is 5.10 Å².